The number of nitrogens with one attached hydrogen (secondary N) is 1. The molecule has 0 saturated carbocycles. The van der Waals surface area contributed by atoms with Gasteiger partial charge in [0.2, 0.25) is 5.91 Å². The van der Waals surface area contributed by atoms with Crippen LogP contribution in [0.4, 0.5) is 0 Å². The van der Waals surface area contributed by atoms with E-state index in [-0.39, 0.29) is 11.8 Å². The van der Waals surface area contributed by atoms with Crippen molar-refractivity contribution in [2.24, 2.45) is 0 Å². The minimum atomic E-state index is -0.514. The van der Waals surface area contributed by atoms with Crippen LogP contribution in [0.5, 0.6) is 5.75 Å². The Kier molecular flexibility index (Phi) is 6.89. The first kappa shape index (κ1) is 21.4. The molecule has 0 unspecified atom stereocenters. The normalized spacial score (nSPS) is 15.6. The third kappa shape index (κ3) is 4.91. The van der Waals surface area contributed by atoms with Gasteiger partial charge in [-0.15, -0.1) is 23.1 Å². The van der Waals surface area contributed by atoms with E-state index < -0.39 is 6.04 Å². The molecular formula is C23H23N3O3S2. The zero-order valence-electron chi connectivity index (χ0n) is 17.1. The molecule has 160 valence electrons. The summed E-state index contributed by atoms with van der Waals surface area (Å²) < 4.78 is 5.60. The van der Waals surface area contributed by atoms with Crippen molar-refractivity contribution in [3.63, 3.8) is 0 Å². The summed E-state index contributed by atoms with van der Waals surface area (Å²) in [5.74, 6) is 1.24. The fraction of sp³-hybridized carbons (Fsp3) is 0.261. The summed E-state index contributed by atoms with van der Waals surface area (Å²) in [6, 6.07) is 16.6. The third-order valence-corrected chi connectivity index (χ3v) is 6.83. The predicted molar refractivity (Wildman–Crippen MR) is 124 cm³/mol. The van der Waals surface area contributed by atoms with Crippen molar-refractivity contribution in [3.8, 4) is 16.3 Å². The number of para-hydroxylation sites is 1. The van der Waals surface area contributed by atoms with Crippen LogP contribution in [-0.4, -0.2) is 46.0 Å². The quantitative estimate of drug-likeness (QED) is 0.585. The number of rotatable bonds is 7. The molecule has 2 aromatic carbocycles. The molecule has 4 rings (SSSR count). The van der Waals surface area contributed by atoms with Crippen molar-refractivity contribution in [2.45, 2.75) is 19.5 Å². The van der Waals surface area contributed by atoms with E-state index in [4.69, 9.17) is 4.74 Å². The molecule has 2 amide bonds. The van der Waals surface area contributed by atoms with Crippen LogP contribution in [0.2, 0.25) is 0 Å². The molecule has 1 N–H and O–H groups in total. The van der Waals surface area contributed by atoms with Gasteiger partial charge in [0.1, 0.15) is 16.8 Å². The van der Waals surface area contributed by atoms with Gasteiger partial charge in [0.25, 0.3) is 5.91 Å². The molecule has 1 aliphatic rings. The molecule has 0 aliphatic carbocycles. The van der Waals surface area contributed by atoms with Gasteiger partial charge in [-0.3, -0.25) is 9.59 Å². The molecule has 1 fully saturated rings. The molecular weight excluding hydrogens is 430 g/mol. The van der Waals surface area contributed by atoms with Crippen molar-refractivity contribution >= 4 is 34.9 Å². The minimum absolute atomic E-state index is 0.165. The molecule has 31 heavy (non-hydrogen) atoms. The van der Waals surface area contributed by atoms with Crippen molar-refractivity contribution in [1.82, 2.24) is 15.2 Å². The molecule has 1 atom stereocenters. The van der Waals surface area contributed by atoms with Crippen LogP contribution >= 0.6 is 23.1 Å². The topological polar surface area (TPSA) is 71.5 Å². The molecule has 0 spiro atoms. The highest BCUT2D eigenvalue weighted by atomic mass is 32.2. The fourth-order valence-corrected chi connectivity index (χ4v) is 5.32. The van der Waals surface area contributed by atoms with Crippen LogP contribution in [0.3, 0.4) is 0 Å². The van der Waals surface area contributed by atoms with Crippen LogP contribution in [0, 0.1) is 0 Å². The van der Waals surface area contributed by atoms with Gasteiger partial charge in [-0.25, -0.2) is 4.98 Å². The van der Waals surface area contributed by atoms with Gasteiger partial charge < -0.3 is 15.0 Å². The van der Waals surface area contributed by atoms with Crippen LogP contribution in [0.15, 0.2) is 60.0 Å². The zero-order valence-corrected chi connectivity index (χ0v) is 18.7. The summed E-state index contributed by atoms with van der Waals surface area (Å²) in [5, 5.41) is 5.82. The standard InChI is InChI=1S/C23H23N3O3S2/c1-2-29-20-11-7-6-10-18(20)23(28)26-15-30-14-19(26)21(27)24-12-17-13-31-22(25-17)16-8-4-3-5-9-16/h3-11,13,19H,2,12,14-15H2,1H3,(H,24,27)/t19-/m1/s1. The summed E-state index contributed by atoms with van der Waals surface area (Å²) in [4.78, 5) is 32.2. The van der Waals surface area contributed by atoms with Crippen LogP contribution < -0.4 is 10.1 Å². The lowest BCUT2D eigenvalue weighted by atomic mass is 10.1. The second-order valence-electron chi connectivity index (χ2n) is 6.95. The van der Waals surface area contributed by atoms with Gasteiger partial charge in [-0.05, 0) is 19.1 Å². The van der Waals surface area contributed by atoms with Gasteiger partial charge in [-0.1, -0.05) is 42.5 Å². The lowest BCUT2D eigenvalue weighted by molar-refractivity contribution is -0.124. The fourth-order valence-electron chi connectivity index (χ4n) is 3.34. The number of thioether (sulfide) groups is 1. The summed E-state index contributed by atoms with van der Waals surface area (Å²) in [5.41, 5.74) is 2.35. The number of carbonyl (C=O) groups excluding carboxylic acids is 2. The number of carbonyl (C=O) groups is 2. The van der Waals surface area contributed by atoms with Crippen molar-refractivity contribution in [1.29, 1.82) is 0 Å². The van der Waals surface area contributed by atoms with Crippen molar-refractivity contribution < 1.29 is 14.3 Å². The summed E-state index contributed by atoms with van der Waals surface area (Å²) in [6.07, 6.45) is 0. The van der Waals surface area contributed by atoms with Crippen molar-refractivity contribution in [2.75, 3.05) is 18.2 Å². The van der Waals surface area contributed by atoms with Crippen molar-refractivity contribution in [3.05, 3.63) is 71.2 Å². The Balaban J connectivity index is 1.41. The Labute approximate surface area is 189 Å². The van der Waals surface area contributed by atoms with E-state index >= 15 is 0 Å². The zero-order chi connectivity index (χ0) is 21.6. The van der Waals surface area contributed by atoms with E-state index in [0.717, 1.165) is 16.3 Å². The first-order valence-electron chi connectivity index (χ1n) is 10.1. The number of nitrogens with zero attached hydrogens (tertiary/aromatic N) is 2. The Bertz CT molecular complexity index is 1050. The highest BCUT2D eigenvalue weighted by Crippen LogP contribution is 2.27. The number of hydrogen-bond donors (Lipinski definition) is 1. The van der Waals surface area contributed by atoms with E-state index in [2.05, 4.69) is 10.3 Å². The molecule has 0 radical (unpaired) electrons. The SMILES string of the molecule is CCOc1ccccc1C(=O)N1CSC[C@@H]1C(=O)NCc1csc(-c2ccccc2)n1. The van der Waals surface area contributed by atoms with Gasteiger partial charge in [-0.2, -0.15) is 0 Å². The Morgan fingerprint density at radius 1 is 1.16 bits per heavy atom. The van der Waals surface area contributed by atoms with Crippen LogP contribution in [0.25, 0.3) is 10.6 Å². The molecule has 6 nitrogen and oxygen atoms in total. The van der Waals surface area contributed by atoms with Gasteiger partial charge in [0, 0.05) is 16.7 Å². The van der Waals surface area contributed by atoms with Crippen LogP contribution in [0.1, 0.15) is 23.0 Å². The van der Waals surface area contributed by atoms with Gasteiger partial charge in [0.05, 0.1) is 30.3 Å². The third-order valence-electron chi connectivity index (χ3n) is 4.88. The lowest BCUT2D eigenvalue weighted by Gasteiger charge is -2.24. The second kappa shape index (κ2) is 9.98. The highest BCUT2D eigenvalue weighted by molar-refractivity contribution is 7.99. The highest BCUT2D eigenvalue weighted by Gasteiger charge is 2.36. The summed E-state index contributed by atoms with van der Waals surface area (Å²) in [6.45, 7) is 2.69. The first-order valence-corrected chi connectivity index (χ1v) is 12.1. The molecule has 1 aromatic heterocycles. The van der Waals surface area contributed by atoms with E-state index in [1.165, 1.54) is 0 Å². The average Bonchev–Trinajstić information content (AvgIpc) is 3.48. The molecule has 2 heterocycles. The lowest BCUT2D eigenvalue weighted by Crippen LogP contribution is -2.47. The second-order valence-corrected chi connectivity index (χ2v) is 8.81. The number of ether oxygens (including phenoxy) is 1. The van der Waals surface area contributed by atoms with E-state index in [1.54, 1.807) is 46.2 Å². The summed E-state index contributed by atoms with van der Waals surface area (Å²) in [7, 11) is 0. The summed E-state index contributed by atoms with van der Waals surface area (Å²) >= 11 is 3.12. The molecule has 8 heteroatoms. The van der Waals surface area contributed by atoms with Crippen LogP contribution in [-0.2, 0) is 11.3 Å². The monoisotopic (exact) mass is 453 g/mol. The Morgan fingerprint density at radius 3 is 2.74 bits per heavy atom. The largest absolute Gasteiger partial charge is 0.493 e. The predicted octanol–water partition coefficient (Wildman–Crippen LogP) is 4.04. The number of aromatic nitrogens is 1. The number of amides is 2. The van der Waals surface area contributed by atoms with Gasteiger partial charge in [0.15, 0.2) is 0 Å². The Morgan fingerprint density at radius 2 is 1.94 bits per heavy atom. The van der Waals surface area contributed by atoms with E-state index in [1.807, 2.05) is 48.7 Å². The molecule has 1 saturated heterocycles. The van der Waals surface area contributed by atoms with Gasteiger partial charge >= 0.3 is 0 Å². The number of hydrogen-bond acceptors (Lipinski definition) is 6. The smallest absolute Gasteiger partial charge is 0.259 e. The maximum atomic E-state index is 13.1. The number of thiazole rings is 1. The van der Waals surface area contributed by atoms with E-state index in [0.29, 0.717) is 36.1 Å². The average molecular weight is 454 g/mol. The maximum Gasteiger partial charge on any atom is 0.259 e. The molecule has 0 bridgehead atoms. The minimum Gasteiger partial charge on any atom is -0.493 e. The number of benzene rings is 2. The Hall–Kier alpha value is -2.84. The maximum absolute atomic E-state index is 13.1. The van der Waals surface area contributed by atoms with E-state index in [9.17, 15) is 9.59 Å². The molecule has 1 aliphatic heterocycles. The molecule has 3 aromatic rings. The first-order chi connectivity index (χ1) is 15.2.